The highest BCUT2D eigenvalue weighted by Crippen LogP contribution is 2.37. The average molecular weight is 367 g/mol. The molecule has 0 saturated carbocycles. The summed E-state index contributed by atoms with van der Waals surface area (Å²) in [6, 6.07) is 7.40. The summed E-state index contributed by atoms with van der Waals surface area (Å²) < 4.78 is 45.6. The highest BCUT2D eigenvalue weighted by Gasteiger charge is 2.36. The number of ether oxygens (including phenoxy) is 1. The first-order chi connectivity index (χ1) is 12.2. The third-order valence-corrected chi connectivity index (χ3v) is 3.83. The van der Waals surface area contributed by atoms with Crippen LogP contribution in [0.5, 0.6) is 6.01 Å². The van der Waals surface area contributed by atoms with Gasteiger partial charge in [-0.25, -0.2) is 4.98 Å². The summed E-state index contributed by atoms with van der Waals surface area (Å²) in [6.07, 6.45) is -1.05. The summed E-state index contributed by atoms with van der Waals surface area (Å²) in [6.45, 7) is 5.63. The van der Waals surface area contributed by atoms with Crippen molar-refractivity contribution < 1.29 is 17.9 Å². The van der Waals surface area contributed by atoms with E-state index in [0.29, 0.717) is 5.69 Å². The van der Waals surface area contributed by atoms with Gasteiger partial charge in [0.05, 0.1) is 6.10 Å². The van der Waals surface area contributed by atoms with E-state index in [1.165, 1.54) is 4.90 Å². The minimum atomic E-state index is -4.56. The zero-order chi connectivity index (χ0) is 19.3. The molecule has 1 aromatic heterocycles. The molecule has 0 aliphatic rings. The summed E-state index contributed by atoms with van der Waals surface area (Å²) in [5, 5.41) is 0. The molecule has 4 nitrogen and oxygen atoms in total. The second kappa shape index (κ2) is 8.38. The van der Waals surface area contributed by atoms with E-state index in [1.54, 1.807) is 27.0 Å². The van der Waals surface area contributed by atoms with Crippen LogP contribution in [0.25, 0.3) is 0 Å². The maximum Gasteiger partial charge on any atom is 0.421 e. The molecule has 0 amide bonds. The molecular formula is C19H24F3N3O. The Kier molecular flexibility index (Phi) is 6.45. The Balaban J connectivity index is 2.43. The Morgan fingerprint density at radius 1 is 1.23 bits per heavy atom. The molecule has 0 aliphatic carbocycles. The minimum Gasteiger partial charge on any atom is -0.461 e. The van der Waals surface area contributed by atoms with E-state index in [1.807, 2.05) is 18.2 Å². The van der Waals surface area contributed by atoms with Crippen molar-refractivity contribution in [3.63, 3.8) is 0 Å². The number of unbranched alkanes of at least 4 members (excludes halogenated alkanes) is 1. The topological polar surface area (TPSA) is 38.2 Å². The van der Waals surface area contributed by atoms with Crippen molar-refractivity contribution >= 4 is 11.5 Å². The Hall–Kier alpha value is -2.31. The van der Waals surface area contributed by atoms with E-state index in [4.69, 9.17) is 4.74 Å². The highest BCUT2D eigenvalue weighted by molar-refractivity contribution is 5.63. The van der Waals surface area contributed by atoms with E-state index in [-0.39, 0.29) is 17.9 Å². The maximum absolute atomic E-state index is 13.4. The Labute approximate surface area is 152 Å². The molecule has 1 heterocycles. The lowest BCUT2D eigenvalue weighted by atomic mass is 10.1. The van der Waals surface area contributed by atoms with Gasteiger partial charge in [-0.2, -0.15) is 18.2 Å². The number of anilines is 2. The number of nitrogens with zero attached hydrogens (tertiary/aromatic N) is 3. The number of rotatable bonds is 7. The van der Waals surface area contributed by atoms with Gasteiger partial charge in [0.2, 0.25) is 0 Å². The van der Waals surface area contributed by atoms with Gasteiger partial charge in [-0.1, -0.05) is 25.5 Å². The van der Waals surface area contributed by atoms with Crippen LogP contribution in [0.3, 0.4) is 0 Å². The summed E-state index contributed by atoms with van der Waals surface area (Å²) in [5.41, 5.74) is 0.825. The SMILES string of the molecule is CCCCc1cccc(N(C)c2nc(OC(C)C)ncc2C(F)(F)F)c1. The largest absolute Gasteiger partial charge is 0.461 e. The van der Waals surface area contributed by atoms with Crippen molar-refractivity contribution in [3.05, 3.63) is 41.6 Å². The van der Waals surface area contributed by atoms with Gasteiger partial charge in [0.15, 0.2) is 5.82 Å². The predicted molar refractivity (Wildman–Crippen MR) is 95.9 cm³/mol. The van der Waals surface area contributed by atoms with Crippen LogP contribution < -0.4 is 9.64 Å². The normalized spacial score (nSPS) is 11.7. The molecule has 0 unspecified atom stereocenters. The van der Waals surface area contributed by atoms with Crippen LogP contribution in [-0.2, 0) is 12.6 Å². The third-order valence-electron chi connectivity index (χ3n) is 3.83. The van der Waals surface area contributed by atoms with Gasteiger partial charge >= 0.3 is 12.2 Å². The molecule has 7 heteroatoms. The number of benzene rings is 1. The average Bonchev–Trinajstić information content (AvgIpc) is 2.58. The van der Waals surface area contributed by atoms with Gasteiger partial charge in [-0.3, -0.25) is 0 Å². The van der Waals surface area contributed by atoms with Crippen LogP contribution in [0, 0.1) is 0 Å². The molecule has 1 aromatic carbocycles. The van der Waals surface area contributed by atoms with Gasteiger partial charge in [-0.15, -0.1) is 0 Å². The molecular weight excluding hydrogens is 343 g/mol. The fraction of sp³-hybridized carbons (Fsp3) is 0.474. The molecule has 2 aromatic rings. The van der Waals surface area contributed by atoms with Crippen LogP contribution in [-0.4, -0.2) is 23.1 Å². The summed E-state index contributed by atoms with van der Waals surface area (Å²) in [7, 11) is 1.57. The molecule has 0 atom stereocenters. The number of aryl methyl sites for hydroxylation is 1. The van der Waals surface area contributed by atoms with Crippen LogP contribution in [0.4, 0.5) is 24.7 Å². The standard InChI is InChI=1S/C19H24F3N3O/c1-5-6-8-14-9-7-10-15(11-14)25(4)17-16(19(20,21)22)12-23-18(24-17)26-13(2)3/h7,9-13H,5-6,8H2,1-4H3. The number of alkyl halides is 3. The lowest BCUT2D eigenvalue weighted by Gasteiger charge is -2.23. The van der Waals surface area contributed by atoms with Crippen LogP contribution in [0.15, 0.2) is 30.5 Å². The first-order valence-electron chi connectivity index (χ1n) is 8.66. The van der Waals surface area contributed by atoms with E-state index in [2.05, 4.69) is 16.9 Å². The fourth-order valence-corrected chi connectivity index (χ4v) is 2.50. The first-order valence-corrected chi connectivity index (χ1v) is 8.66. The maximum atomic E-state index is 13.4. The molecule has 0 saturated heterocycles. The fourth-order valence-electron chi connectivity index (χ4n) is 2.50. The highest BCUT2D eigenvalue weighted by atomic mass is 19.4. The van der Waals surface area contributed by atoms with E-state index >= 15 is 0 Å². The quantitative estimate of drug-likeness (QED) is 0.657. The monoisotopic (exact) mass is 367 g/mol. The predicted octanol–water partition coefficient (Wildman–Crippen LogP) is 5.39. The summed E-state index contributed by atoms with van der Waals surface area (Å²) in [4.78, 5) is 9.14. The molecule has 0 aliphatic heterocycles. The zero-order valence-corrected chi connectivity index (χ0v) is 15.5. The Morgan fingerprint density at radius 3 is 2.58 bits per heavy atom. The molecule has 0 spiro atoms. The van der Waals surface area contributed by atoms with Gasteiger partial charge in [-0.05, 0) is 44.4 Å². The van der Waals surface area contributed by atoms with E-state index < -0.39 is 11.7 Å². The van der Waals surface area contributed by atoms with Gasteiger partial charge < -0.3 is 9.64 Å². The van der Waals surface area contributed by atoms with Crippen molar-refractivity contribution in [1.82, 2.24) is 9.97 Å². The molecule has 0 fully saturated rings. The molecule has 26 heavy (non-hydrogen) atoms. The number of aromatic nitrogens is 2. The van der Waals surface area contributed by atoms with Crippen LogP contribution in [0.1, 0.15) is 44.7 Å². The number of halogens is 3. The second-order valence-electron chi connectivity index (χ2n) is 6.39. The third kappa shape index (κ3) is 5.09. The molecule has 142 valence electrons. The Bertz CT molecular complexity index is 732. The van der Waals surface area contributed by atoms with Crippen molar-refractivity contribution in [2.45, 2.75) is 52.3 Å². The lowest BCUT2D eigenvalue weighted by molar-refractivity contribution is -0.137. The number of hydrogen-bond acceptors (Lipinski definition) is 4. The number of hydrogen-bond donors (Lipinski definition) is 0. The summed E-state index contributed by atoms with van der Waals surface area (Å²) in [5.74, 6) is -0.226. The first kappa shape index (κ1) is 20.0. The molecule has 2 rings (SSSR count). The smallest absolute Gasteiger partial charge is 0.421 e. The zero-order valence-electron chi connectivity index (χ0n) is 15.5. The van der Waals surface area contributed by atoms with Crippen LogP contribution >= 0.6 is 0 Å². The summed E-state index contributed by atoms with van der Waals surface area (Å²) >= 11 is 0. The van der Waals surface area contributed by atoms with Gasteiger partial charge in [0.25, 0.3) is 0 Å². The lowest BCUT2D eigenvalue weighted by Crippen LogP contribution is -2.20. The second-order valence-corrected chi connectivity index (χ2v) is 6.39. The van der Waals surface area contributed by atoms with E-state index in [9.17, 15) is 13.2 Å². The van der Waals surface area contributed by atoms with Crippen molar-refractivity contribution in [2.24, 2.45) is 0 Å². The van der Waals surface area contributed by atoms with Crippen molar-refractivity contribution in [3.8, 4) is 6.01 Å². The molecule has 0 bridgehead atoms. The van der Waals surface area contributed by atoms with Crippen LogP contribution in [0.2, 0.25) is 0 Å². The minimum absolute atomic E-state index is 0.0722. The van der Waals surface area contributed by atoms with Gasteiger partial charge in [0.1, 0.15) is 5.56 Å². The molecule has 0 radical (unpaired) electrons. The van der Waals surface area contributed by atoms with Crippen molar-refractivity contribution in [2.75, 3.05) is 11.9 Å². The Morgan fingerprint density at radius 2 is 1.96 bits per heavy atom. The van der Waals surface area contributed by atoms with Gasteiger partial charge in [0, 0.05) is 18.9 Å². The van der Waals surface area contributed by atoms with Crippen molar-refractivity contribution in [1.29, 1.82) is 0 Å². The molecule has 0 N–H and O–H groups in total. The van der Waals surface area contributed by atoms with E-state index in [0.717, 1.165) is 31.0 Å².